The average Bonchev–Trinajstić information content (AvgIpc) is 2.91. The maximum absolute atomic E-state index is 4.46. The molecule has 4 heteroatoms. The normalized spacial score (nSPS) is 10.1. The maximum atomic E-state index is 4.46. The Morgan fingerprint density at radius 1 is 1.00 bits per heavy atom. The van der Waals surface area contributed by atoms with Gasteiger partial charge >= 0.3 is 0 Å². The van der Waals surface area contributed by atoms with Crippen molar-refractivity contribution >= 4 is 5.78 Å². The Morgan fingerprint density at radius 2 is 1.68 bits per heavy atom. The first-order valence-electron chi connectivity index (χ1n) is 6.50. The van der Waals surface area contributed by atoms with Crippen molar-refractivity contribution < 1.29 is 0 Å². The van der Waals surface area contributed by atoms with Crippen LogP contribution in [0.3, 0.4) is 0 Å². The van der Waals surface area contributed by atoms with E-state index in [-0.39, 0.29) is 0 Å². The summed E-state index contributed by atoms with van der Waals surface area (Å²) in [5.74, 6) is 0.652. The largest absolute Gasteiger partial charge is 0.252 e. The first-order valence-corrected chi connectivity index (χ1v) is 6.50. The van der Waals surface area contributed by atoms with Crippen molar-refractivity contribution in [3.8, 4) is 11.1 Å². The van der Waals surface area contributed by atoms with Gasteiger partial charge in [0.2, 0.25) is 0 Å². The standard InChI is InChI=1S/C13H12N4.C2H6/c1-9-12(11-6-4-3-5-7-11)10(2)17-13(16-9)14-8-15-17;1-2/h3-8H,1-2H3;1-2H3. The van der Waals surface area contributed by atoms with Crippen molar-refractivity contribution in [1.29, 1.82) is 0 Å². The Labute approximate surface area is 113 Å². The van der Waals surface area contributed by atoms with Crippen LogP contribution in [0.1, 0.15) is 25.2 Å². The Kier molecular flexibility index (Phi) is 3.90. The third-order valence-electron chi connectivity index (χ3n) is 2.90. The predicted molar refractivity (Wildman–Crippen MR) is 77.0 cm³/mol. The molecule has 0 aliphatic carbocycles. The smallest absolute Gasteiger partial charge is 0.216 e. The van der Waals surface area contributed by atoms with E-state index in [9.17, 15) is 0 Å². The summed E-state index contributed by atoms with van der Waals surface area (Å²) in [7, 11) is 0. The third kappa shape index (κ3) is 2.34. The highest BCUT2D eigenvalue weighted by atomic mass is 15.3. The average molecular weight is 254 g/mol. The van der Waals surface area contributed by atoms with Crippen LogP contribution in [0.25, 0.3) is 16.9 Å². The van der Waals surface area contributed by atoms with Crippen LogP contribution in [-0.4, -0.2) is 19.6 Å². The molecule has 3 aromatic rings. The zero-order valence-corrected chi connectivity index (χ0v) is 11.8. The first-order chi connectivity index (χ1) is 9.27. The van der Waals surface area contributed by atoms with E-state index in [1.165, 1.54) is 6.33 Å². The van der Waals surface area contributed by atoms with Gasteiger partial charge in [0, 0.05) is 5.56 Å². The molecule has 3 rings (SSSR count). The predicted octanol–water partition coefficient (Wildman–Crippen LogP) is 3.43. The molecule has 0 saturated carbocycles. The minimum atomic E-state index is 0.652. The van der Waals surface area contributed by atoms with Gasteiger partial charge in [0.1, 0.15) is 6.33 Å². The molecule has 0 fully saturated rings. The molecule has 0 saturated heterocycles. The molecule has 0 radical (unpaired) electrons. The second-order valence-electron chi connectivity index (χ2n) is 4.00. The molecule has 19 heavy (non-hydrogen) atoms. The SMILES string of the molecule is CC.Cc1nc2ncnn2c(C)c1-c1ccccc1. The van der Waals surface area contributed by atoms with Crippen molar-refractivity contribution in [2.24, 2.45) is 0 Å². The molecule has 0 spiro atoms. The zero-order valence-electron chi connectivity index (χ0n) is 11.8. The van der Waals surface area contributed by atoms with Crippen LogP contribution < -0.4 is 0 Å². The number of nitrogens with zero attached hydrogens (tertiary/aromatic N) is 4. The van der Waals surface area contributed by atoms with Gasteiger partial charge in [-0.15, -0.1) is 0 Å². The highest BCUT2D eigenvalue weighted by Gasteiger charge is 2.11. The van der Waals surface area contributed by atoms with Crippen LogP contribution in [0.15, 0.2) is 36.7 Å². The van der Waals surface area contributed by atoms with Gasteiger partial charge < -0.3 is 0 Å². The fourth-order valence-electron chi connectivity index (χ4n) is 2.14. The maximum Gasteiger partial charge on any atom is 0.252 e. The molecule has 1 aromatic carbocycles. The third-order valence-corrected chi connectivity index (χ3v) is 2.90. The van der Waals surface area contributed by atoms with Gasteiger partial charge in [0.25, 0.3) is 5.78 Å². The van der Waals surface area contributed by atoms with Gasteiger partial charge in [-0.25, -0.2) is 9.50 Å². The Hall–Kier alpha value is -2.23. The lowest BCUT2D eigenvalue weighted by atomic mass is 10.0. The monoisotopic (exact) mass is 254 g/mol. The number of aromatic nitrogens is 4. The van der Waals surface area contributed by atoms with Crippen LogP contribution in [0.5, 0.6) is 0 Å². The highest BCUT2D eigenvalue weighted by molar-refractivity contribution is 5.69. The number of rotatable bonds is 1. The van der Waals surface area contributed by atoms with Crippen molar-refractivity contribution in [3.05, 3.63) is 48.0 Å². The second kappa shape index (κ2) is 5.61. The lowest BCUT2D eigenvalue weighted by Crippen LogP contribution is -2.02. The topological polar surface area (TPSA) is 43.1 Å². The fourth-order valence-corrected chi connectivity index (χ4v) is 2.14. The summed E-state index contributed by atoms with van der Waals surface area (Å²) in [4.78, 5) is 8.58. The van der Waals surface area contributed by atoms with Crippen LogP contribution in [-0.2, 0) is 0 Å². The lowest BCUT2D eigenvalue weighted by Gasteiger charge is -2.10. The van der Waals surface area contributed by atoms with Crippen molar-refractivity contribution in [2.75, 3.05) is 0 Å². The Bertz CT molecular complexity index is 671. The van der Waals surface area contributed by atoms with Crippen molar-refractivity contribution in [3.63, 3.8) is 0 Å². The van der Waals surface area contributed by atoms with E-state index in [0.29, 0.717) is 5.78 Å². The molecule has 0 bridgehead atoms. The Morgan fingerprint density at radius 3 is 2.37 bits per heavy atom. The van der Waals surface area contributed by atoms with Crippen LogP contribution in [0, 0.1) is 13.8 Å². The Balaban J connectivity index is 0.000000637. The number of hydrogen-bond donors (Lipinski definition) is 0. The molecule has 0 atom stereocenters. The molecule has 0 amide bonds. The van der Waals surface area contributed by atoms with E-state index in [0.717, 1.165) is 22.5 Å². The quantitative estimate of drug-likeness (QED) is 0.668. The molecule has 2 heterocycles. The van der Waals surface area contributed by atoms with E-state index in [1.807, 2.05) is 45.9 Å². The van der Waals surface area contributed by atoms with Gasteiger partial charge in [-0.05, 0) is 19.4 Å². The van der Waals surface area contributed by atoms with Crippen LogP contribution >= 0.6 is 0 Å². The van der Waals surface area contributed by atoms with Gasteiger partial charge in [-0.2, -0.15) is 10.1 Å². The molecule has 98 valence electrons. The number of aryl methyl sites for hydroxylation is 2. The molecular formula is C15H18N4. The summed E-state index contributed by atoms with van der Waals surface area (Å²) in [6.07, 6.45) is 1.53. The fraction of sp³-hybridized carbons (Fsp3) is 0.267. The first kappa shape index (κ1) is 13.2. The molecule has 0 N–H and O–H groups in total. The number of hydrogen-bond acceptors (Lipinski definition) is 3. The van der Waals surface area contributed by atoms with Gasteiger partial charge in [0.15, 0.2) is 0 Å². The summed E-state index contributed by atoms with van der Waals surface area (Å²) < 4.78 is 1.77. The van der Waals surface area contributed by atoms with E-state index in [2.05, 4.69) is 27.2 Å². The number of benzene rings is 1. The van der Waals surface area contributed by atoms with Crippen LogP contribution in [0.2, 0.25) is 0 Å². The molecule has 0 aliphatic heterocycles. The molecule has 4 nitrogen and oxygen atoms in total. The summed E-state index contributed by atoms with van der Waals surface area (Å²) >= 11 is 0. The summed E-state index contributed by atoms with van der Waals surface area (Å²) in [6, 6.07) is 10.2. The number of fused-ring (bicyclic) bond motifs is 1. The highest BCUT2D eigenvalue weighted by Crippen LogP contribution is 2.25. The van der Waals surface area contributed by atoms with Gasteiger partial charge in [0.05, 0.1) is 11.4 Å². The van der Waals surface area contributed by atoms with E-state index in [4.69, 9.17) is 0 Å². The summed E-state index contributed by atoms with van der Waals surface area (Å²) in [6.45, 7) is 8.04. The van der Waals surface area contributed by atoms with Gasteiger partial charge in [-0.1, -0.05) is 44.2 Å². The second-order valence-corrected chi connectivity index (χ2v) is 4.00. The molecule has 0 aliphatic rings. The van der Waals surface area contributed by atoms with E-state index < -0.39 is 0 Å². The lowest BCUT2D eigenvalue weighted by molar-refractivity contribution is 0.888. The summed E-state index contributed by atoms with van der Waals surface area (Å²) in [5, 5.41) is 4.19. The summed E-state index contributed by atoms with van der Waals surface area (Å²) in [5.41, 5.74) is 4.33. The van der Waals surface area contributed by atoms with Crippen LogP contribution in [0.4, 0.5) is 0 Å². The van der Waals surface area contributed by atoms with E-state index in [1.54, 1.807) is 4.52 Å². The van der Waals surface area contributed by atoms with Gasteiger partial charge in [-0.3, -0.25) is 0 Å². The minimum absolute atomic E-state index is 0.652. The zero-order chi connectivity index (χ0) is 13.8. The molecule has 0 unspecified atom stereocenters. The minimum Gasteiger partial charge on any atom is -0.216 e. The van der Waals surface area contributed by atoms with Crippen molar-refractivity contribution in [1.82, 2.24) is 19.6 Å². The van der Waals surface area contributed by atoms with E-state index >= 15 is 0 Å². The van der Waals surface area contributed by atoms with Crippen molar-refractivity contribution in [2.45, 2.75) is 27.7 Å². The molecular weight excluding hydrogens is 236 g/mol. The molecule has 2 aromatic heterocycles.